The van der Waals surface area contributed by atoms with Crippen LogP contribution >= 0.6 is 11.8 Å². The van der Waals surface area contributed by atoms with Crippen molar-refractivity contribution in [1.82, 2.24) is 30.4 Å². The maximum atomic E-state index is 13.1. The standard InChI is InChI=1S/C16H21N7O5S/c1-22-12(24)3-9(21-16(22)28)14(26)20-10(2-8-4-18-6-19-8)15(27)23-7-29-5-11(23)13(17)25/h4,6,9-11H,2-3,5,7H2,1H3,(H2,17,25)(H,18,19)(H,20,26)(H,21,28)/t9-,10-,11-/m0/s1. The van der Waals surface area contributed by atoms with Gasteiger partial charge in [-0.15, -0.1) is 11.8 Å². The number of thioether (sulfide) groups is 1. The number of carbonyl (C=O) groups is 5. The minimum absolute atomic E-state index is 0.0890. The van der Waals surface area contributed by atoms with Crippen LogP contribution in [0.25, 0.3) is 0 Å². The number of H-pyrrole nitrogens is 1. The minimum atomic E-state index is -1.09. The summed E-state index contributed by atoms with van der Waals surface area (Å²) < 4.78 is 0. The third-order valence-corrected chi connectivity index (χ3v) is 5.77. The predicted molar refractivity (Wildman–Crippen MR) is 101 cm³/mol. The monoisotopic (exact) mass is 423 g/mol. The number of nitrogens with two attached hydrogens (primary N) is 1. The van der Waals surface area contributed by atoms with E-state index in [9.17, 15) is 24.0 Å². The lowest BCUT2D eigenvalue weighted by molar-refractivity contribution is -0.141. The fraction of sp³-hybridized carbons (Fsp3) is 0.500. The van der Waals surface area contributed by atoms with Crippen LogP contribution in [0.5, 0.6) is 0 Å². The molecule has 156 valence electrons. The molecule has 2 aliphatic heterocycles. The van der Waals surface area contributed by atoms with Gasteiger partial charge in [-0.3, -0.25) is 24.1 Å². The van der Waals surface area contributed by atoms with E-state index in [2.05, 4.69) is 20.6 Å². The maximum absolute atomic E-state index is 13.1. The molecule has 0 bridgehead atoms. The highest BCUT2D eigenvalue weighted by Gasteiger charge is 2.39. The molecule has 0 aromatic carbocycles. The highest BCUT2D eigenvalue weighted by atomic mass is 32.2. The minimum Gasteiger partial charge on any atom is -0.368 e. The van der Waals surface area contributed by atoms with Crippen LogP contribution in [0.3, 0.4) is 0 Å². The van der Waals surface area contributed by atoms with Crippen LogP contribution in [0, 0.1) is 0 Å². The number of carbonyl (C=O) groups excluding carboxylic acids is 5. The molecule has 0 unspecified atom stereocenters. The summed E-state index contributed by atoms with van der Waals surface area (Å²) in [6, 6.07) is -3.58. The lowest BCUT2D eigenvalue weighted by atomic mass is 10.1. The summed E-state index contributed by atoms with van der Waals surface area (Å²) in [5, 5.41) is 5.02. The van der Waals surface area contributed by atoms with Crippen molar-refractivity contribution in [2.45, 2.75) is 31.0 Å². The molecule has 0 spiro atoms. The molecule has 29 heavy (non-hydrogen) atoms. The number of amides is 6. The normalized spacial score (nSPS) is 22.9. The van der Waals surface area contributed by atoms with Crippen molar-refractivity contribution in [2.75, 3.05) is 18.7 Å². The number of hydrogen-bond donors (Lipinski definition) is 4. The smallest absolute Gasteiger partial charge is 0.324 e. The van der Waals surface area contributed by atoms with Gasteiger partial charge in [-0.2, -0.15) is 0 Å². The Bertz CT molecular complexity index is 812. The third-order valence-electron chi connectivity index (χ3n) is 4.76. The van der Waals surface area contributed by atoms with E-state index in [1.54, 1.807) is 0 Å². The summed E-state index contributed by atoms with van der Waals surface area (Å²) in [7, 11) is 1.31. The Morgan fingerprint density at radius 2 is 2.17 bits per heavy atom. The first-order chi connectivity index (χ1) is 13.8. The van der Waals surface area contributed by atoms with Crippen molar-refractivity contribution in [2.24, 2.45) is 5.73 Å². The van der Waals surface area contributed by atoms with Crippen molar-refractivity contribution in [3.05, 3.63) is 18.2 Å². The number of imidazole rings is 1. The van der Waals surface area contributed by atoms with Gasteiger partial charge in [0, 0.05) is 31.1 Å². The van der Waals surface area contributed by atoms with Gasteiger partial charge in [-0.1, -0.05) is 0 Å². The average Bonchev–Trinajstić information content (AvgIpc) is 3.36. The number of rotatable bonds is 6. The first-order valence-corrected chi connectivity index (χ1v) is 9.95. The lowest BCUT2D eigenvalue weighted by Gasteiger charge is -2.31. The van der Waals surface area contributed by atoms with Crippen molar-refractivity contribution in [1.29, 1.82) is 0 Å². The molecule has 0 radical (unpaired) electrons. The molecule has 0 saturated carbocycles. The molecule has 2 fully saturated rings. The second kappa shape index (κ2) is 8.51. The van der Waals surface area contributed by atoms with Gasteiger partial charge >= 0.3 is 6.03 Å². The summed E-state index contributed by atoms with van der Waals surface area (Å²) in [6.07, 6.45) is 2.82. The molecule has 3 heterocycles. The van der Waals surface area contributed by atoms with Crippen molar-refractivity contribution in [3.8, 4) is 0 Å². The highest BCUT2D eigenvalue weighted by Crippen LogP contribution is 2.22. The molecule has 1 aromatic rings. The quantitative estimate of drug-likeness (QED) is 0.401. The molecule has 6 amide bonds. The first-order valence-electron chi connectivity index (χ1n) is 8.80. The molecule has 1 aromatic heterocycles. The van der Waals surface area contributed by atoms with Gasteiger partial charge in [0.15, 0.2) is 0 Å². The van der Waals surface area contributed by atoms with Crippen LogP contribution in [0.4, 0.5) is 4.79 Å². The fourth-order valence-electron chi connectivity index (χ4n) is 3.06. The van der Waals surface area contributed by atoms with Gasteiger partial charge in [0.1, 0.15) is 18.1 Å². The van der Waals surface area contributed by atoms with Gasteiger partial charge < -0.3 is 26.3 Å². The highest BCUT2D eigenvalue weighted by molar-refractivity contribution is 7.99. The van der Waals surface area contributed by atoms with E-state index < -0.39 is 47.8 Å². The zero-order chi connectivity index (χ0) is 21.1. The Balaban J connectivity index is 1.76. The van der Waals surface area contributed by atoms with Crippen LogP contribution < -0.4 is 16.4 Å². The van der Waals surface area contributed by atoms with E-state index in [0.29, 0.717) is 11.4 Å². The molecule has 2 saturated heterocycles. The summed E-state index contributed by atoms with van der Waals surface area (Å²) in [6.45, 7) is 0. The maximum Gasteiger partial charge on any atom is 0.324 e. The SMILES string of the molecule is CN1C(=O)C[C@@H](C(=O)N[C@@H](Cc2cnc[nH]2)C(=O)N2CSC[C@H]2C(N)=O)NC1=O. The molecule has 3 rings (SSSR count). The van der Waals surface area contributed by atoms with Gasteiger partial charge in [0.2, 0.25) is 23.6 Å². The van der Waals surface area contributed by atoms with E-state index in [4.69, 9.17) is 5.73 Å². The van der Waals surface area contributed by atoms with E-state index in [1.807, 2.05) is 0 Å². The van der Waals surface area contributed by atoms with E-state index in [-0.39, 0.29) is 18.7 Å². The first kappa shape index (κ1) is 20.6. The Morgan fingerprint density at radius 1 is 1.41 bits per heavy atom. The molecule has 0 aliphatic carbocycles. The third kappa shape index (κ3) is 4.50. The number of nitrogens with one attached hydrogen (secondary N) is 3. The molecule has 2 aliphatic rings. The zero-order valence-electron chi connectivity index (χ0n) is 15.6. The summed E-state index contributed by atoms with van der Waals surface area (Å²) in [5.74, 6) is -1.62. The van der Waals surface area contributed by atoms with E-state index >= 15 is 0 Å². The van der Waals surface area contributed by atoms with Crippen LogP contribution in [0.15, 0.2) is 12.5 Å². The van der Waals surface area contributed by atoms with Crippen molar-refractivity contribution >= 4 is 41.4 Å². The molecule has 12 nitrogen and oxygen atoms in total. The van der Waals surface area contributed by atoms with Gasteiger partial charge in [-0.05, 0) is 0 Å². The van der Waals surface area contributed by atoms with Gasteiger partial charge in [-0.25, -0.2) is 9.78 Å². The molecular formula is C16H21N7O5S. The fourth-order valence-corrected chi connectivity index (χ4v) is 4.24. The largest absolute Gasteiger partial charge is 0.368 e. The van der Waals surface area contributed by atoms with Crippen molar-refractivity contribution in [3.63, 3.8) is 0 Å². The van der Waals surface area contributed by atoms with E-state index in [0.717, 1.165) is 4.90 Å². The number of imide groups is 1. The Labute approximate surface area is 169 Å². The summed E-state index contributed by atoms with van der Waals surface area (Å²) in [5.41, 5.74) is 5.98. The second-order valence-corrected chi connectivity index (χ2v) is 7.73. The number of urea groups is 1. The van der Waals surface area contributed by atoms with Crippen LogP contribution in [-0.2, 0) is 25.6 Å². The van der Waals surface area contributed by atoms with Crippen LogP contribution in [0.1, 0.15) is 12.1 Å². The van der Waals surface area contributed by atoms with Crippen LogP contribution in [-0.4, -0.2) is 86.2 Å². The summed E-state index contributed by atoms with van der Waals surface area (Å²) in [4.78, 5) is 70.0. The number of aromatic amines is 1. The number of nitrogens with zero attached hydrogens (tertiary/aromatic N) is 3. The zero-order valence-corrected chi connectivity index (χ0v) is 16.4. The Hall–Kier alpha value is -3.09. The Kier molecular flexibility index (Phi) is 6.06. The molecular weight excluding hydrogens is 402 g/mol. The van der Waals surface area contributed by atoms with Gasteiger partial charge in [0.05, 0.1) is 18.6 Å². The lowest BCUT2D eigenvalue weighted by Crippen LogP contribution is -2.61. The summed E-state index contributed by atoms with van der Waals surface area (Å²) >= 11 is 1.38. The molecule has 13 heteroatoms. The van der Waals surface area contributed by atoms with Gasteiger partial charge in [0.25, 0.3) is 0 Å². The van der Waals surface area contributed by atoms with Crippen LogP contribution in [0.2, 0.25) is 0 Å². The molecule has 5 N–H and O–H groups in total. The topological polar surface area (TPSA) is 171 Å². The van der Waals surface area contributed by atoms with E-state index in [1.165, 1.54) is 36.2 Å². The number of hydrogen-bond acceptors (Lipinski definition) is 7. The Morgan fingerprint density at radius 3 is 2.79 bits per heavy atom. The second-order valence-electron chi connectivity index (χ2n) is 6.73. The molecule has 3 atom stereocenters. The predicted octanol–water partition coefficient (Wildman–Crippen LogP) is -2.24. The number of aromatic nitrogens is 2. The average molecular weight is 423 g/mol. The van der Waals surface area contributed by atoms with Crippen molar-refractivity contribution < 1.29 is 24.0 Å². The number of primary amides is 1.